The first-order valence-electron chi connectivity index (χ1n) is 6.98. The molecule has 0 saturated carbocycles. The molecule has 0 atom stereocenters. The fourth-order valence-corrected chi connectivity index (χ4v) is 2.24. The number of anilines is 1. The van der Waals surface area contributed by atoms with E-state index in [2.05, 4.69) is 16.4 Å². The second-order valence-electron chi connectivity index (χ2n) is 5.16. The SMILES string of the molecule is CCCNc1cc([N+](=O)[O-])cc(-c2cc(C)cc(C)c2)n1. The Balaban J connectivity index is 2.50. The Kier molecular flexibility index (Phi) is 4.52. The number of nitro groups is 1. The summed E-state index contributed by atoms with van der Waals surface area (Å²) in [5.41, 5.74) is 3.80. The predicted molar refractivity (Wildman–Crippen MR) is 84.6 cm³/mol. The molecular weight excluding hydrogens is 266 g/mol. The van der Waals surface area contributed by atoms with E-state index in [4.69, 9.17) is 0 Å². The smallest absolute Gasteiger partial charge is 0.275 e. The molecule has 1 N–H and O–H groups in total. The van der Waals surface area contributed by atoms with Crippen molar-refractivity contribution in [2.45, 2.75) is 27.2 Å². The monoisotopic (exact) mass is 285 g/mol. The molecule has 0 spiro atoms. The van der Waals surface area contributed by atoms with E-state index in [1.807, 2.05) is 32.9 Å². The molecule has 1 aromatic carbocycles. The number of nitrogens with zero attached hydrogens (tertiary/aromatic N) is 2. The van der Waals surface area contributed by atoms with E-state index in [1.165, 1.54) is 12.1 Å². The van der Waals surface area contributed by atoms with Gasteiger partial charge in [-0.15, -0.1) is 0 Å². The van der Waals surface area contributed by atoms with Gasteiger partial charge in [0.15, 0.2) is 0 Å². The van der Waals surface area contributed by atoms with E-state index in [0.29, 0.717) is 11.5 Å². The van der Waals surface area contributed by atoms with Crippen LogP contribution in [0.5, 0.6) is 0 Å². The molecule has 5 heteroatoms. The van der Waals surface area contributed by atoms with Crippen LogP contribution in [0.25, 0.3) is 11.3 Å². The van der Waals surface area contributed by atoms with E-state index in [9.17, 15) is 10.1 Å². The second-order valence-corrected chi connectivity index (χ2v) is 5.16. The Morgan fingerprint density at radius 2 is 1.81 bits per heavy atom. The molecule has 21 heavy (non-hydrogen) atoms. The standard InChI is InChI=1S/C16H19N3O2/c1-4-5-17-16-10-14(19(20)21)9-15(18-16)13-7-11(2)6-12(3)8-13/h6-10H,4-5H2,1-3H3,(H,17,18). The fourth-order valence-electron chi connectivity index (χ4n) is 2.24. The number of pyridine rings is 1. The number of aryl methyl sites for hydroxylation is 2. The maximum absolute atomic E-state index is 11.1. The molecular formula is C16H19N3O2. The Morgan fingerprint density at radius 1 is 1.14 bits per heavy atom. The lowest BCUT2D eigenvalue weighted by atomic mass is 10.0. The highest BCUT2D eigenvalue weighted by Gasteiger charge is 2.12. The van der Waals surface area contributed by atoms with Crippen molar-refractivity contribution in [3.8, 4) is 11.3 Å². The summed E-state index contributed by atoms with van der Waals surface area (Å²) in [6, 6.07) is 9.04. The molecule has 0 aliphatic heterocycles. The van der Waals surface area contributed by atoms with Gasteiger partial charge in [0.25, 0.3) is 5.69 Å². The maximum Gasteiger partial charge on any atom is 0.275 e. The maximum atomic E-state index is 11.1. The normalized spacial score (nSPS) is 10.4. The van der Waals surface area contributed by atoms with Crippen LogP contribution in [0.15, 0.2) is 30.3 Å². The zero-order valence-corrected chi connectivity index (χ0v) is 12.5. The van der Waals surface area contributed by atoms with Crippen LogP contribution in [0.1, 0.15) is 24.5 Å². The summed E-state index contributed by atoms with van der Waals surface area (Å²) in [5.74, 6) is 0.542. The van der Waals surface area contributed by atoms with E-state index in [1.54, 1.807) is 0 Å². The van der Waals surface area contributed by atoms with Crippen molar-refractivity contribution in [2.75, 3.05) is 11.9 Å². The van der Waals surface area contributed by atoms with Gasteiger partial charge in [-0.05, 0) is 32.4 Å². The summed E-state index contributed by atoms with van der Waals surface area (Å²) < 4.78 is 0. The van der Waals surface area contributed by atoms with Crippen LogP contribution >= 0.6 is 0 Å². The highest BCUT2D eigenvalue weighted by molar-refractivity contribution is 5.66. The summed E-state index contributed by atoms with van der Waals surface area (Å²) >= 11 is 0. The van der Waals surface area contributed by atoms with Crippen LogP contribution in [0.4, 0.5) is 11.5 Å². The number of hydrogen-bond acceptors (Lipinski definition) is 4. The molecule has 0 amide bonds. The summed E-state index contributed by atoms with van der Waals surface area (Å²) in [7, 11) is 0. The third kappa shape index (κ3) is 3.78. The van der Waals surface area contributed by atoms with Crippen LogP contribution in [-0.4, -0.2) is 16.5 Å². The molecule has 0 unspecified atom stereocenters. The van der Waals surface area contributed by atoms with Gasteiger partial charge >= 0.3 is 0 Å². The summed E-state index contributed by atoms with van der Waals surface area (Å²) in [6.07, 6.45) is 0.934. The highest BCUT2D eigenvalue weighted by Crippen LogP contribution is 2.26. The van der Waals surface area contributed by atoms with Crippen molar-refractivity contribution in [3.63, 3.8) is 0 Å². The van der Waals surface area contributed by atoms with Crippen molar-refractivity contribution in [1.82, 2.24) is 4.98 Å². The third-order valence-electron chi connectivity index (χ3n) is 3.09. The van der Waals surface area contributed by atoms with Gasteiger partial charge in [-0.25, -0.2) is 4.98 Å². The van der Waals surface area contributed by atoms with Crippen molar-refractivity contribution in [1.29, 1.82) is 0 Å². The number of hydrogen-bond donors (Lipinski definition) is 1. The molecule has 0 aliphatic carbocycles. The zero-order valence-electron chi connectivity index (χ0n) is 12.5. The molecule has 5 nitrogen and oxygen atoms in total. The quantitative estimate of drug-likeness (QED) is 0.663. The molecule has 0 fully saturated rings. The minimum Gasteiger partial charge on any atom is -0.370 e. The van der Waals surface area contributed by atoms with Gasteiger partial charge in [0.05, 0.1) is 16.7 Å². The molecule has 2 aromatic rings. The molecule has 0 radical (unpaired) electrons. The van der Waals surface area contributed by atoms with Crippen molar-refractivity contribution in [3.05, 3.63) is 51.6 Å². The average molecular weight is 285 g/mol. The number of benzene rings is 1. The average Bonchev–Trinajstić information content (AvgIpc) is 2.43. The molecule has 0 bridgehead atoms. The Morgan fingerprint density at radius 3 is 2.38 bits per heavy atom. The topological polar surface area (TPSA) is 68.1 Å². The van der Waals surface area contributed by atoms with Gasteiger partial charge in [-0.1, -0.05) is 24.1 Å². The lowest BCUT2D eigenvalue weighted by molar-refractivity contribution is -0.384. The summed E-state index contributed by atoms with van der Waals surface area (Å²) in [4.78, 5) is 15.2. The lowest BCUT2D eigenvalue weighted by Crippen LogP contribution is -2.03. The van der Waals surface area contributed by atoms with Gasteiger partial charge < -0.3 is 5.32 Å². The van der Waals surface area contributed by atoms with Gasteiger partial charge in [-0.2, -0.15) is 0 Å². The first-order valence-corrected chi connectivity index (χ1v) is 6.98. The molecule has 0 aliphatic rings. The molecule has 0 saturated heterocycles. The van der Waals surface area contributed by atoms with Gasteiger partial charge in [-0.3, -0.25) is 10.1 Å². The largest absolute Gasteiger partial charge is 0.370 e. The molecule has 110 valence electrons. The van der Waals surface area contributed by atoms with Crippen LogP contribution in [-0.2, 0) is 0 Å². The number of rotatable bonds is 5. The first kappa shape index (κ1) is 15.0. The minimum atomic E-state index is -0.384. The lowest BCUT2D eigenvalue weighted by Gasteiger charge is -2.08. The van der Waals surface area contributed by atoms with E-state index in [-0.39, 0.29) is 10.6 Å². The van der Waals surface area contributed by atoms with Crippen LogP contribution in [0.3, 0.4) is 0 Å². The molecule has 2 rings (SSSR count). The van der Waals surface area contributed by atoms with Crippen LogP contribution in [0.2, 0.25) is 0 Å². The Labute approximate surface area is 124 Å². The molecule has 1 aromatic heterocycles. The predicted octanol–water partition coefficient (Wildman–Crippen LogP) is 4.10. The van der Waals surface area contributed by atoms with Gasteiger partial charge in [0.2, 0.25) is 0 Å². The molecule has 1 heterocycles. The Hall–Kier alpha value is -2.43. The van der Waals surface area contributed by atoms with E-state index < -0.39 is 0 Å². The zero-order chi connectivity index (χ0) is 15.4. The number of aromatic nitrogens is 1. The van der Waals surface area contributed by atoms with Crippen LogP contribution in [0, 0.1) is 24.0 Å². The highest BCUT2D eigenvalue weighted by atomic mass is 16.6. The van der Waals surface area contributed by atoms with E-state index >= 15 is 0 Å². The van der Waals surface area contributed by atoms with Crippen molar-refractivity contribution < 1.29 is 4.92 Å². The van der Waals surface area contributed by atoms with Crippen LogP contribution < -0.4 is 5.32 Å². The fraction of sp³-hybridized carbons (Fsp3) is 0.312. The van der Waals surface area contributed by atoms with E-state index in [0.717, 1.165) is 29.7 Å². The summed E-state index contributed by atoms with van der Waals surface area (Å²) in [5, 5.41) is 14.2. The Bertz CT molecular complexity index is 648. The third-order valence-corrected chi connectivity index (χ3v) is 3.09. The number of nitrogens with one attached hydrogen (secondary N) is 1. The van der Waals surface area contributed by atoms with Crippen molar-refractivity contribution >= 4 is 11.5 Å². The van der Waals surface area contributed by atoms with Crippen molar-refractivity contribution in [2.24, 2.45) is 0 Å². The first-order chi connectivity index (χ1) is 9.99. The minimum absolute atomic E-state index is 0.0535. The summed E-state index contributed by atoms with van der Waals surface area (Å²) in [6.45, 7) is 6.78. The van der Waals surface area contributed by atoms with Gasteiger partial charge in [0, 0.05) is 18.2 Å². The second kappa shape index (κ2) is 6.35. The van der Waals surface area contributed by atoms with Gasteiger partial charge in [0.1, 0.15) is 5.82 Å².